The van der Waals surface area contributed by atoms with Crippen LogP contribution in [-0.4, -0.2) is 18.5 Å². The van der Waals surface area contributed by atoms with Gasteiger partial charge < -0.3 is 0 Å². The maximum atomic E-state index is 12.8. The number of carbonyl (C=O) groups is 1. The van der Waals surface area contributed by atoms with E-state index in [1.807, 2.05) is 0 Å². The number of sulfone groups is 1. The Morgan fingerprint density at radius 3 is 2.50 bits per heavy atom. The Morgan fingerprint density at radius 2 is 1.90 bits per heavy atom. The second-order valence-electron chi connectivity index (χ2n) is 4.09. The van der Waals surface area contributed by atoms with E-state index in [0.29, 0.717) is 11.1 Å². The fourth-order valence-electron chi connectivity index (χ4n) is 1.79. The molecule has 0 aliphatic carbocycles. The third-order valence-electron chi connectivity index (χ3n) is 2.80. The standard InChI is InChI=1S/C14H12FNO3S/c1-2-14(17)20(18,19)12-6-4-3-5-11(12)10-7-8-13(15)16-9-10/h3-9H,2H2,1H3. The van der Waals surface area contributed by atoms with Crippen LogP contribution in [0.15, 0.2) is 47.5 Å². The molecule has 4 nitrogen and oxygen atoms in total. The fraction of sp³-hybridized carbons (Fsp3) is 0.143. The average Bonchev–Trinajstić information content (AvgIpc) is 2.47. The monoisotopic (exact) mass is 293 g/mol. The molecule has 0 aliphatic heterocycles. The minimum atomic E-state index is -4.04. The Morgan fingerprint density at radius 1 is 1.20 bits per heavy atom. The average molecular weight is 293 g/mol. The van der Waals surface area contributed by atoms with E-state index in [-0.39, 0.29) is 11.3 Å². The van der Waals surface area contributed by atoms with E-state index in [2.05, 4.69) is 4.98 Å². The number of aromatic nitrogens is 1. The number of nitrogens with zero attached hydrogens (tertiary/aromatic N) is 1. The van der Waals surface area contributed by atoms with Gasteiger partial charge in [0.2, 0.25) is 15.8 Å². The largest absolute Gasteiger partial charge is 0.281 e. The number of hydrogen-bond donors (Lipinski definition) is 0. The van der Waals surface area contributed by atoms with Crippen LogP contribution in [0.5, 0.6) is 0 Å². The van der Waals surface area contributed by atoms with Crippen molar-refractivity contribution in [3.8, 4) is 11.1 Å². The molecule has 0 spiro atoms. The molecule has 0 aliphatic rings. The summed E-state index contributed by atoms with van der Waals surface area (Å²) < 4.78 is 37.2. The smallest absolute Gasteiger partial charge is 0.250 e. The minimum Gasteiger partial charge on any atom is -0.281 e. The van der Waals surface area contributed by atoms with Crippen molar-refractivity contribution in [2.75, 3.05) is 0 Å². The van der Waals surface area contributed by atoms with Crippen LogP contribution in [0.1, 0.15) is 13.3 Å². The van der Waals surface area contributed by atoms with Crippen molar-refractivity contribution in [2.45, 2.75) is 18.2 Å². The summed E-state index contributed by atoms with van der Waals surface area (Å²) in [4.78, 5) is 15.0. The highest BCUT2D eigenvalue weighted by Gasteiger charge is 2.26. The normalized spacial score (nSPS) is 11.3. The maximum absolute atomic E-state index is 12.8. The Kier molecular flexibility index (Phi) is 3.94. The van der Waals surface area contributed by atoms with Gasteiger partial charge in [-0.2, -0.15) is 4.39 Å². The third kappa shape index (κ3) is 2.60. The first-order valence-electron chi connectivity index (χ1n) is 5.95. The van der Waals surface area contributed by atoms with Crippen molar-refractivity contribution in [1.29, 1.82) is 0 Å². The Hall–Kier alpha value is -2.08. The number of carbonyl (C=O) groups excluding carboxylic acids is 1. The molecular formula is C14H12FNO3S. The van der Waals surface area contributed by atoms with E-state index in [1.165, 1.54) is 31.3 Å². The van der Waals surface area contributed by atoms with E-state index >= 15 is 0 Å². The van der Waals surface area contributed by atoms with Gasteiger partial charge in [-0.1, -0.05) is 25.1 Å². The summed E-state index contributed by atoms with van der Waals surface area (Å²) in [6, 6.07) is 8.67. The van der Waals surface area contributed by atoms with Gasteiger partial charge >= 0.3 is 0 Å². The van der Waals surface area contributed by atoms with Gasteiger partial charge in [0.25, 0.3) is 5.12 Å². The van der Waals surface area contributed by atoms with Gasteiger partial charge in [0.05, 0.1) is 4.90 Å². The molecule has 104 valence electrons. The number of halogens is 1. The summed E-state index contributed by atoms with van der Waals surface area (Å²) in [6.07, 6.45) is 1.14. The molecule has 6 heteroatoms. The lowest BCUT2D eigenvalue weighted by Crippen LogP contribution is -2.14. The summed E-state index contributed by atoms with van der Waals surface area (Å²) in [5.74, 6) is -0.654. The molecule has 2 rings (SSSR count). The summed E-state index contributed by atoms with van der Waals surface area (Å²) in [7, 11) is -4.04. The van der Waals surface area contributed by atoms with E-state index in [4.69, 9.17) is 0 Å². The van der Waals surface area contributed by atoms with E-state index in [9.17, 15) is 17.6 Å². The molecule has 2 aromatic rings. The molecule has 0 atom stereocenters. The van der Waals surface area contributed by atoms with Gasteiger partial charge in [-0.15, -0.1) is 0 Å². The van der Waals surface area contributed by atoms with Gasteiger partial charge in [-0.3, -0.25) is 4.79 Å². The number of benzene rings is 1. The fourth-order valence-corrected chi connectivity index (χ4v) is 3.15. The molecule has 0 saturated carbocycles. The summed E-state index contributed by atoms with van der Waals surface area (Å²) in [5, 5.41) is -0.847. The first-order valence-corrected chi connectivity index (χ1v) is 7.44. The van der Waals surface area contributed by atoms with Crippen molar-refractivity contribution in [2.24, 2.45) is 0 Å². The molecular weight excluding hydrogens is 281 g/mol. The van der Waals surface area contributed by atoms with Crippen LogP contribution in [0, 0.1) is 5.95 Å². The zero-order chi connectivity index (χ0) is 14.8. The molecule has 0 saturated heterocycles. The van der Waals surface area contributed by atoms with Crippen LogP contribution in [0.3, 0.4) is 0 Å². The van der Waals surface area contributed by atoms with E-state index in [1.54, 1.807) is 12.1 Å². The van der Waals surface area contributed by atoms with Crippen molar-refractivity contribution in [3.05, 3.63) is 48.5 Å². The van der Waals surface area contributed by atoms with Gasteiger partial charge in [0.15, 0.2) is 0 Å². The Balaban J connectivity index is 2.63. The molecule has 0 N–H and O–H groups in total. The van der Waals surface area contributed by atoms with E-state index in [0.717, 1.165) is 6.07 Å². The van der Waals surface area contributed by atoms with Crippen LogP contribution < -0.4 is 0 Å². The van der Waals surface area contributed by atoms with Crippen molar-refractivity contribution >= 4 is 15.0 Å². The van der Waals surface area contributed by atoms with Crippen molar-refractivity contribution in [1.82, 2.24) is 4.98 Å². The quantitative estimate of drug-likeness (QED) is 0.816. The highest BCUT2D eigenvalue weighted by atomic mass is 32.2. The second kappa shape index (κ2) is 5.50. The minimum absolute atomic E-state index is 0.0831. The highest BCUT2D eigenvalue weighted by Crippen LogP contribution is 2.28. The van der Waals surface area contributed by atoms with Crippen LogP contribution in [0.2, 0.25) is 0 Å². The van der Waals surface area contributed by atoms with Gasteiger partial charge in [-0.05, 0) is 18.2 Å². The first-order chi connectivity index (χ1) is 9.46. The third-order valence-corrected chi connectivity index (χ3v) is 4.63. The first kappa shape index (κ1) is 14.3. The molecule has 20 heavy (non-hydrogen) atoms. The lowest BCUT2D eigenvalue weighted by molar-refractivity contribution is -0.111. The van der Waals surface area contributed by atoms with Gasteiger partial charge in [0, 0.05) is 23.7 Å². The Labute approximate surface area is 116 Å². The van der Waals surface area contributed by atoms with Gasteiger partial charge in [0.1, 0.15) is 0 Å². The van der Waals surface area contributed by atoms with Crippen LogP contribution in [-0.2, 0) is 14.6 Å². The topological polar surface area (TPSA) is 64.1 Å². The maximum Gasteiger partial charge on any atom is 0.250 e. The molecule has 0 unspecified atom stereocenters. The van der Waals surface area contributed by atoms with Crippen LogP contribution in [0.25, 0.3) is 11.1 Å². The zero-order valence-electron chi connectivity index (χ0n) is 10.7. The molecule has 1 heterocycles. The highest BCUT2D eigenvalue weighted by molar-refractivity contribution is 8.06. The van der Waals surface area contributed by atoms with Crippen LogP contribution in [0.4, 0.5) is 4.39 Å². The van der Waals surface area contributed by atoms with Crippen molar-refractivity contribution in [3.63, 3.8) is 0 Å². The van der Waals surface area contributed by atoms with Gasteiger partial charge in [-0.25, -0.2) is 13.4 Å². The lowest BCUT2D eigenvalue weighted by Gasteiger charge is -2.09. The Bertz CT molecular complexity index is 739. The number of pyridine rings is 1. The summed E-state index contributed by atoms with van der Waals surface area (Å²) in [6.45, 7) is 1.49. The molecule has 1 aromatic heterocycles. The summed E-state index contributed by atoms with van der Waals surface area (Å²) in [5.41, 5.74) is 0.774. The second-order valence-corrected chi connectivity index (χ2v) is 6.00. The number of hydrogen-bond acceptors (Lipinski definition) is 4. The predicted octanol–water partition coefficient (Wildman–Crippen LogP) is 2.60. The summed E-state index contributed by atoms with van der Waals surface area (Å²) >= 11 is 0. The van der Waals surface area contributed by atoms with E-state index < -0.39 is 20.9 Å². The van der Waals surface area contributed by atoms with Crippen LogP contribution >= 0.6 is 0 Å². The van der Waals surface area contributed by atoms with Crippen molar-refractivity contribution < 1.29 is 17.6 Å². The number of rotatable bonds is 3. The zero-order valence-corrected chi connectivity index (χ0v) is 11.5. The SMILES string of the molecule is CCC(=O)S(=O)(=O)c1ccccc1-c1ccc(F)nc1. The molecule has 0 amide bonds. The molecule has 0 radical (unpaired) electrons. The molecule has 0 fully saturated rings. The predicted molar refractivity (Wildman–Crippen MR) is 72.1 cm³/mol. The molecule has 1 aromatic carbocycles. The molecule has 0 bridgehead atoms. The lowest BCUT2D eigenvalue weighted by atomic mass is 10.1.